The van der Waals surface area contributed by atoms with Gasteiger partial charge in [-0.1, -0.05) is 18.2 Å². The van der Waals surface area contributed by atoms with Crippen LogP contribution >= 0.6 is 0 Å². The van der Waals surface area contributed by atoms with Gasteiger partial charge in [0, 0.05) is 18.8 Å². The summed E-state index contributed by atoms with van der Waals surface area (Å²) >= 11 is 0. The number of hydrogen-bond acceptors (Lipinski definition) is 3. The number of nitrogens with one attached hydrogen (secondary N) is 2. The zero-order chi connectivity index (χ0) is 15.4. The van der Waals surface area contributed by atoms with Crippen molar-refractivity contribution in [1.82, 2.24) is 15.6 Å². The van der Waals surface area contributed by atoms with Crippen molar-refractivity contribution in [1.29, 1.82) is 0 Å². The average molecular weight is 301 g/mol. The molecule has 1 aromatic heterocycles. The summed E-state index contributed by atoms with van der Waals surface area (Å²) in [5.74, 6) is 1.67. The Balaban J connectivity index is 1.55. The summed E-state index contributed by atoms with van der Waals surface area (Å²) in [6.45, 7) is 0.733. The minimum absolute atomic E-state index is 0.0418. The Bertz CT molecular complexity index is 529. The van der Waals surface area contributed by atoms with E-state index in [0.29, 0.717) is 17.7 Å². The summed E-state index contributed by atoms with van der Waals surface area (Å²) in [6, 6.07) is 3.78. The van der Waals surface area contributed by atoms with E-state index in [4.69, 9.17) is 4.74 Å². The Morgan fingerprint density at radius 1 is 1.36 bits per heavy atom. The minimum Gasteiger partial charge on any atom is -0.481 e. The lowest BCUT2D eigenvalue weighted by Gasteiger charge is -2.20. The van der Waals surface area contributed by atoms with Crippen LogP contribution in [0.3, 0.4) is 0 Å². The number of nitrogens with zero attached hydrogens (tertiary/aromatic N) is 1. The van der Waals surface area contributed by atoms with Crippen LogP contribution < -0.4 is 15.4 Å². The zero-order valence-corrected chi connectivity index (χ0v) is 12.9. The summed E-state index contributed by atoms with van der Waals surface area (Å²) in [6.07, 6.45) is 10.6. The van der Waals surface area contributed by atoms with Crippen LogP contribution in [0.4, 0.5) is 4.79 Å². The smallest absolute Gasteiger partial charge is 0.315 e. The first-order valence-electron chi connectivity index (χ1n) is 7.95. The number of rotatable bonds is 6. The first-order valence-corrected chi connectivity index (χ1v) is 7.95. The van der Waals surface area contributed by atoms with Crippen LogP contribution in [-0.2, 0) is 0 Å². The van der Waals surface area contributed by atoms with Gasteiger partial charge in [0.2, 0.25) is 5.88 Å². The molecular formula is C17H23N3O2. The monoisotopic (exact) mass is 301 g/mol. The van der Waals surface area contributed by atoms with Gasteiger partial charge >= 0.3 is 6.03 Å². The highest BCUT2D eigenvalue weighted by Gasteiger charge is 2.33. The molecule has 0 aromatic carbocycles. The maximum atomic E-state index is 12.2. The van der Waals surface area contributed by atoms with E-state index in [-0.39, 0.29) is 12.1 Å². The molecule has 5 heteroatoms. The van der Waals surface area contributed by atoms with E-state index in [2.05, 4.69) is 27.8 Å². The van der Waals surface area contributed by atoms with E-state index < -0.39 is 0 Å². The van der Waals surface area contributed by atoms with Crippen molar-refractivity contribution in [2.75, 3.05) is 13.7 Å². The number of carbonyl (C=O) groups is 1. The fraction of sp³-hybridized carbons (Fsp3) is 0.529. The Morgan fingerprint density at radius 2 is 2.14 bits per heavy atom. The van der Waals surface area contributed by atoms with Gasteiger partial charge < -0.3 is 15.4 Å². The Labute approximate surface area is 131 Å². The minimum atomic E-state index is -0.0837. The van der Waals surface area contributed by atoms with Crippen molar-refractivity contribution < 1.29 is 9.53 Å². The molecule has 2 aliphatic rings. The summed E-state index contributed by atoms with van der Waals surface area (Å²) in [4.78, 5) is 16.4. The number of amides is 2. The van der Waals surface area contributed by atoms with Crippen molar-refractivity contribution in [3.8, 4) is 5.88 Å². The molecule has 1 atom stereocenters. The Morgan fingerprint density at radius 3 is 2.73 bits per heavy atom. The average Bonchev–Trinajstić information content (AvgIpc) is 3.26. The highest BCUT2D eigenvalue weighted by atomic mass is 16.5. The maximum Gasteiger partial charge on any atom is 0.315 e. The van der Waals surface area contributed by atoms with E-state index in [0.717, 1.165) is 37.8 Å². The molecule has 0 saturated heterocycles. The maximum absolute atomic E-state index is 12.2. The second kappa shape index (κ2) is 6.81. The lowest BCUT2D eigenvalue weighted by atomic mass is 10.0. The first kappa shape index (κ1) is 14.9. The van der Waals surface area contributed by atoms with Crippen molar-refractivity contribution in [3.63, 3.8) is 0 Å². The van der Waals surface area contributed by atoms with Crippen LogP contribution in [0.1, 0.15) is 37.3 Å². The molecule has 3 rings (SSSR count). The molecule has 22 heavy (non-hydrogen) atoms. The van der Waals surface area contributed by atoms with Crippen LogP contribution in [0.15, 0.2) is 30.5 Å². The standard InChI is InChI=1S/C17H23N3O2/c1-22-15-9-8-14(11-18-15)16(13-6-7-13)20-17(21)19-10-12-4-2-3-5-12/h2-3,8-9,11-13,16H,4-7,10H2,1H3,(H2,19,20,21). The van der Waals surface area contributed by atoms with E-state index >= 15 is 0 Å². The molecule has 0 radical (unpaired) electrons. The summed E-state index contributed by atoms with van der Waals surface area (Å²) < 4.78 is 5.08. The Hall–Kier alpha value is -2.04. The predicted molar refractivity (Wildman–Crippen MR) is 84.7 cm³/mol. The molecule has 1 heterocycles. The first-order chi connectivity index (χ1) is 10.8. The van der Waals surface area contributed by atoms with Crippen LogP contribution in [0.2, 0.25) is 0 Å². The molecule has 118 valence electrons. The highest BCUT2D eigenvalue weighted by Crippen LogP contribution is 2.41. The van der Waals surface area contributed by atoms with Crippen LogP contribution in [0.5, 0.6) is 5.88 Å². The molecule has 0 bridgehead atoms. The summed E-state index contributed by atoms with van der Waals surface area (Å²) in [5.41, 5.74) is 1.04. The lowest BCUT2D eigenvalue weighted by molar-refractivity contribution is 0.233. The second-order valence-corrected chi connectivity index (χ2v) is 6.11. The van der Waals surface area contributed by atoms with E-state index in [1.807, 2.05) is 12.1 Å². The second-order valence-electron chi connectivity index (χ2n) is 6.11. The fourth-order valence-corrected chi connectivity index (χ4v) is 2.87. The molecule has 2 amide bonds. The normalized spacial score (nSPS) is 19.0. The topological polar surface area (TPSA) is 63.2 Å². The van der Waals surface area contributed by atoms with Gasteiger partial charge in [0.25, 0.3) is 0 Å². The molecule has 1 fully saturated rings. The number of hydrogen-bond donors (Lipinski definition) is 2. The van der Waals surface area contributed by atoms with Gasteiger partial charge in [-0.2, -0.15) is 0 Å². The molecule has 5 nitrogen and oxygen atoms in total. The van der Waals surface area contributed by atoms with Crippen molar-refractivity contribution in [2.45, 2.75) is 31.7 Å². The largest absolute Gasteiger partial charge is 0.481 e. The van der Waals surface area contributed by atoms with Gasteiger partial charge in [-0.05, 0) is 43.1 Å². The SMILES string of the molecule is COc1ccc(C(NC(=O)NCC2CC=CC2)C2CC2)cn1. The predicted octanol–water partition coefficient (Wildman–Crippen LogP) is 2.81. The van der Waals surface area contributed by atoms with Gasteiger partial charge in [-0.3, -0.25) is 0 Å². The summed E-state index contributed by atoms with van der Waals surface area (Å²) in [7, 11) is 1.60. The van der Waals surface area contributed by atoms with Gasteiger partial charge in [0.05, 0.1) is 13.2 Å². The van der Waals surface area contributed by atoms with Crippen LogP contribution in [-0.4, -0.2) is 24.7 Å². The molecule has 0 aliphatic heterocycles. The number of aromatic nitrogens is 1. The zero-order valence-electron chi connectivity index (χ0n) is 12.9. The fourth-order valence-electron chi connectivity index (χ4n) is 2.87. The number of methoxy groups -OCH3 is 1. The van der Waals surface area contributed by atoms with Gasteiger partial charge in [-0.15, -0.1) is 0 Å². The van der Waals surface area contributed by atoms with Gasteiger partial charge in [0.15, 0.2) is 0 Å². The molecule has 2 aliphatic carbocycles. The molecule has 1 aromatic rings. The number of ether oxygens (including phenoxy) is 1. The van der Waals surface area contributed by atoms with E-state index in [1.165, 1.54) is 0 Å². The molecule has 0 spiro atoms. The molecular weight excluding hydrogens is 278 g/mol. The van der Waals surface area contributed by atoms with E-state index in [9.17, 15) is 4.79 Å². The van der Waals surface area contributed by atoms with Crippen molar-refractivity contribution in [2.24, 2.45) is 11.8 Å². The van der Waals surface area contributed by atoms with Crippen molar-refractivity contribution >= 4 is 6.03 Å². The molecule has 1 saturated carbocycles. The van der Waals surface area contributed by atoms with E-state index in [1.54, 1.807) is 13.3 Å². The number of urea groups is 1. The quantitative estimate of drug-likeness (QED) is 0.794. The lowest BCUT2D eigenvalue weighted by Crippen LogP contribution is -2.40. The van der Waals surface area contributed by atoms with Crippen LogP contribution in [0.25, 0.3) is 0 Å². The Kier molecular flexibility index (Phi) is 4.61. The van der Waals surface area contributed by atoms with Gasteiger partial charge in [-0.25, -0.2) is 9.78 Å². The molecule has 2 N–H and O–H groups in total. The third-order valence-electron chi connectivity index (χ3n) is 4.36. The van der Waals surface area contributed by atoms with Crippen LogP contribution in [0, 0.1) is 11.8 Å². The highest BCUT2D eigenvalue weighted by molar-refractivity contribution is 5.74. The third kappa shape index (κ3) is 3.78. The third-order valence-corrected chi connectivity index (χ3v) is 4.36. The van der Waals surface area contributed by atoms with Crippen molar-refractivity contribution in [3.05, 3.63) is 36.0 Å². The number of allylic oxidation sites excluding steroid dienone is 2. The number of carbonyl (C=O) groups excluding carboxylic acids is 1. The van der Waals surface area contributed by atoms with Gasteiger partial charge in [0.1, 0.15) is 0 Å². The molecule has 1 unspecified atom stereocenters. The number of pyridine rings is 1. The summed E-state index contributed by atoms with van der Waals surface area (Å²) in [5, 5.41) is 6.10.